The summed E-state index contributed by atoms with van der Waals surface area (Å²) in [5, 5.41) is 12.4. The standard InChI is InChI=1S/C15H22N4OS/c1-11(14(20)16-9-13-6-5-7-21-13)18-12-8-17-19(10-12)15(2,3)4/h5-8,10-11,18H,9H2,1-4H3,(H,16,20)/t11-/m0/s1. The molecule has 0 bridgehead atoms. The Bertz CT molecular complexity index is 583. The first-order valence-corrected chi connectivity index (χ1v) is 7.86. The summed E-state index contributed by atoms with van der Waals surface area (Å²) < 4.78 is 1.88. The van der Waals surface area contributed by atoms with Crippen LogP contribution >= 0.6 is 11.3 Å². The van der Waals surface area contributed by atoms with Crippen molar-refractivity contribution < 1.29 is 4.79 Å². The van der Waals surface area contributed by atoms with E-state index >= 15 is 0 Å². The van der Waals surface area contributed by atoms with Gasteiger partial charge in [-0.15, -0.1) is 11.3 Å². The number of nitrogens with zero attached hydrogens (tertiary/aromatic N) is 2. The van der Waals surface area contributed by atoms with Gasteiger partial charge in [0.1, 0.15) is 6.04 Å². The molecule has 2 aromatic rings. The lowest BCUT2D eigenvalue weighted by molar-refractivity contribution is -0.121. The third kappa shape index (κ3) is 4.32. The summed E-state index contributed by atoms with van der Waals surface area (Å²) in [6.45, 7) is 8.67. The molecule has 2 rings (SSSR count). The van der Waals surface area contributed by atoms with Gasteiger partial charge in [0.05, 0.1) is 24.0 Å². The Hall–Kier alpha value is -1.82. The lowest BCUT2D eigenvalue weighted by Crippen LogP contribution is -2.36. The summed E-state index contributed by atoms with van der Waals surface area (Å²) in [5.74, 6) is -0.0214. The summed E-state index contributed by atoms with van der Waals surface area (Å²) in [5.41, 5.74) is 0.786. The van der Waals surface area contributed by atoms with Gasteiger partial charge < -0.3 is 10.6 Å². The van der Waals surface area contributed by atoms with Crippen molar-refractivity contribution in [3.8, 4) is 0 Å². The van der Waals surface area contributed by atoms with Crippen molar-refractivity contribution in [1.82, 2.24) is 15.1 Å². The fourth-order valence-electron chi connectivity index (χ4n) is 1.82. The van der Waals surface area contributed by atoms with Gasteiger partial charge >= 0.3 is 0 Å². The molecule has 21 heavy (non-hydrogen) atoms. The average molecular weight is 306 g/mol. The van der Waals surface area contributed by atoms with Gasteiger partial charge in [0.15, 0.2) is 0 Å². The van der Waals surface area contributed by atoms with Gasteiger partial charge in [-0.05, 0) is 39.1 Å². The van der Waals surface area contributed by atoms with E-state index < -0.39 is 0 Å². The number of carbonyl (C=O) groups excluding carboxylic acids is 1. The third-order valence-electron chi connectivity index (χ3n) is 3.06. The van der Waals surface area contributed by atoms with Crippen molar-refractivity contribution in [1.29, 1.82) is 0 Å². The minimum Gasteiger partial charge on any atom is -0.371 e. The van der Waals surface area contributed by atoms with E-state index in [9.17, 15) is 4.79 Å². The Kier molecular flexibility index (Phi) is 4.67. The van der Waals surface area contributed by atoms with Crippen LogP contribution in [0.15, 0.2) is 29.9 Å². The van der Waals surface area contributed by atoms with Gasteiger partial charge in [-0.25, -0.2) is 0 Å². The number of carbonyl (C=O) groups is 1. The van der Waals surface area contributed by atoms with Crippen molar-refractivity contribution in [3.63, 3.8) is 0 Å². The van der Waals surface area contributed by atoms with Crippen LogP contribution in [0.25, 0.3) is 0 Å². The van der Waals surface area contributed by atoms with E-state index in [1.165, 1.54) is 0 Å². The van der Waals surface area contributed by atoms with E-state index in [4.69, 9.17) is 0 Å². The zero-order valence-electron chi connectivity index (χ0n) is 12.9. The highest BCUT2D eigenvalue weighted by Crippen LogP contribution is 2.16. The molecule has 0 aliphatic rings. The lowest BCUT2D eigenvalue weighted by Gasteiger charge is -2.19. The fourth-order valence-corrected chi connectivity index (χ4v) is 2.46. The van der Waals surface area contributed by atoms with Crippen molar-refractivity contribution in [2.45, 2.75) is 45.8 Å². The molecule has 0 aliphatic carbocycles. The van der Waals surface area contributed by atoms with Gasteiger partial charge in [-0.1, -0.05) is 6.07 Å². The molecule has 1 amide bonds. The van der Waals surface area contributed by atoms with E-state index in [1.807, 2.05) is 35.3 Å². The quantitative estimate of drug-likeness (QED) is 0.893. The van der Waals surface area contributed by atoms with E-state index in [0.29, 0.717) is 6.54 Å². The Morgan fingerprint density at radius 1 is 1.48 bits per heavy atom. The van der Waals surface area contributed by atoms with E-state index in [-0.39, 0.29) is 17.5 Å². The van der Waals surface area contributed by atoms with Crippen LogP contribution in [0.1, 0.15) is 32.6 Å². The maximum atomic E-state index is 12.1. The second kappa shape index (κ2) is 6.30. The number of nitrogens with one attached hydrogen (secondary N) is 2. The predicted octanol–water partition coefficient (Wildman–Crippen LogP) is 2.82. The largest absolute Gasteiger partial charge is 0.371 e. The maximum Gasteiger partial charge on any atom is 0.242 e. The Morgan fingerprint density at radius 2 is 2.24 bits per heavy atom. The topological polar surface area (TPSA) is 59.0 Å². The first kappa shape index (κ1) is 15.6. The van der Waals surface area contributed by atoms with Crippen molar-refractivity contribution >= 4 is 22.9 Å². The molecule has 0 unspecified atom stereocenters. The molecule has 1 atom stereocenters. The molecule has 0 spiro atoms. The first-order chi connectivity index (χ1) is 9.86. The number of thiophene rings is 1. The molecule has 0 aromatic carbocycles. The SMILES string of the molecule is C[C@H](Nc1cnn(C(C)(C)C)c1)C(=O)NCc1cccs1. The highest BCUT2D eigenvalue weighted by Gasteiger charge is 2.16. The van der Waals surface area contributed by atoms with Crippen LogP contribution in [-0.4, -0.2) is 21.7 Å². The zero-order valence-corrected chi connectivity index (χ0v) is 13.7. The normalized spacial score (nSPS) is 13.0. The third-order valence-corrected chi connectivity index (χ3v) is 3.94. The van der Waals surface area contributed by atoms with Crippen LogP contribution in [-0.2, 0) is 16.9 Å². The van der Waals surface area contributed by atoms with Crippen molar-refractivity contribution in [2.24, 2.45) is 0 Å². The molecule has 0 saturated carbocycles. The highest BCUT2D eigenvalue weighted by molar-refractivity contribution is 7.09. The smallest absolute Gasteiger partial charge is 0.242 e. The van der Waals surface area contributed by atoms with E-state index in [0.717, 1.165) is 10.6 Å². The second-order valence-corrected chi connectivity index (χ2v) is 7.04. The summed E-state index contributed by atoms with van der Waals surface area (Å²) in [6, 6.07) is 3.69. The van der Waals surface area contributed by atoms with Gasteiger partial charge in [-0.3, -0.25) is 9.48 Å². The molecule has 2 aromatic heterocycles. The van der Waals surface area contributed by atoms with Crippen LogP contribution in [0.2, 0.25) is 0 Å². The highest BCUT2D eigenvalue weighted by atomic mass is 32.1. The number of hydrogen-bond acceptors (Lipinski definition) is 4. The number of hydrogen-bond donors (Lipinski definition) is 2. The Balaban J connectivity index is 1.87. The fraction of sp³-hybridized carbons (Fsp3) is 0.467. The van der Waals surface area contributed by atoms with Crippen LogP contribution in [0.3, 0.4) is 0 Å². The van der Waals surface area contributed by atoms with Gasteiger partial charge in [0, 0.05) is 11.1 Å². The van der Waals surface area contributed by atoms with Gasteiger partial charge in [0.25, 0.3) is 0 Å². The number of rotatable bonds is 5. The number of anilines is 1. The molecule has 2 N–H and O–H groups in total. The molecule has 5 nitrogen and oxygen atoms in total. The van der Waals surface area contributed by atoms with Crippen molar-refractivity contribution in [2.75, 3.05) is 5.32 Å². The van der Waals surface area contributed by atoms with E-state index in [1.54, 1.807) is 17.5 Å². The molecular weight excluding hydrogens is 284 g/mol. The van der Waals surface area contributed by atoms with E-state index in [2.05, 4.69) is 36.5 Å². The second-order valence-electron chi connectivity index (χ2n) is 6.01. The number of amides is 1. The van der Waals surface area contributed by atoms with Crippen molar-refractivity contribution in [3.05, 3.63) is 34.8 Å². The van der Waals surface area contributed by atoms with Crippen LogP contribution in [0.4, 0.5) is 5.69 Å². The molecule has 0 radical (unpaired) electrons. The Morgan fingerprint density at radius 3 is 2.81 bits per heavy atom. The molecule has 0 aliphatic heterocycles. The van der Waals surface area contributed by atoms with Gasteiger partial charge in [0.2, 0.25) is 5.91 Å². The minimum absolute atomic E-state index is 0.0214. The zero-order chi connectivity index (χ0) is 15.5. The maximum absolute atomic E-state index is 12.1. The van der Waals surface area contributed by atoms with Crippen LogP contribution in [0.5, 0.6) is 0 Å². The van der Waals surface area contributed by atoms with Crippen LogP contribution in [0, 0.1) is 0 Å². The predicted molar refractivity (Wildman–Crippen MR) is 86.5 cm³/mol. The monoisotopic (exact) mass is 306 g/mol. The summed E-state index contributed by atoms with van der Waals surface area (Å²) in [6.07, 6.45) is 3.66. The molecule has 6 heteroatoms. The lowest BCUT2D eigenvalue weighted by atomic mass is 10.1. The number of aromatic nitrogens is 2. The molecular formula is C15H22N4OS. The minimum atomic E-state index is -0.303. The molecule has 114 valence electrons. The first-order valence-electron chi connectivity index (χ1n) is 6.98. The summed E-state index contributed by atoms with van der Waals surface area (Å²) >= 11 is 1.64. The van der Waals surface area contributed by atoms with Gasteiger partial charge in [-0.2, -0.15) is 5.10 Å². The van der Waals surface area contributed by atoms with Crippen LogP contribution < -0.4 is 10.6 Å². The summed E-state index contributed by atoms with van der Waals surface area (Å²) in [4.78, 5) is 13.2. The molecule has 0 saturated heterocycles. The average Bonchev–Trinajstić information content (AvgIpc) is 3.05. The molecule has 0 fully saturated rings. The molecule has 2 heterocycles. The summed E-state index contributed by atoms with van der Waals surface area (Å²) in [7, 11) is 0. The Labute approximate surface area is 129 Å².